The zero-order valence-corrected chi connectivity index (χ0v) is 15.2. The van der Waals surface area contributed by atoms with E-state index in [1.165, 1.54) is 12.0 Å². The normalized spacial score (nSPS) is 19.1. The van der Waals surface area contributed by atoms with Gasteiger partial charge in [-0.05, 0) is 24.3 Å². The summed E-state index contributed by atoms with van der Waals surface area (Å²) >= 11 is 0. The van der Waals surface area contributed by atoms with Crippen molar-refractivity contribution in [1.29, 1.82) is 0 Å². The number of amides is 2. The summed E-state index contributed by atoms with van der Waals surface area (Å²) in [6.45, 7) is 0.431. The fourth-order valence-electron chi connectivity index (χ4n) is 3.46. The molecular formula is C20H19N3O5. The van der Waals surface area contributed by atoms with Gasteiger partial charge in [0.2, 0.25) is 0 Å². The third-order valence-electron chi connectivity index (χ3n) is 4.96. The van der Waals surface area contributed by atoms with E-state index in [1.54, 1.807) is 30.7 Å². The van der Waals surface area contributed by atoms with E-state index in [9.17, 15) is 9.59 Å². The molecule has 0 radical (unpaired) electrons. The van der Waals surface area contributed by atoms with Crippen LogP contribution in [-0.4, -0.2) is 59.3 Å². The number of ether oxygens (including phenoxy) is 1. The molecule has 2 aromatic heterocycles. The molecule has 144 valence electrons. The van der Waals surface area contributed by atoms with Crippen LogP contribution in [0.5, 0.6) is 0 Å². The topological polar surface area (TPSA) is 105 Å². The van der Waals surface area contributed by atoms with Crippen molar-refractivity contribution < 1.29 is 23.8 Å². The molecule has 0 spiro atoms. The molecule has 1 saturated heterocycles. The lowest BCUT2D eigenvalue weighted by atomic mass is 10.1. The van der Waals surface area contributed by atoms with Crippen LogP contribution in [0.3, 0.4) is 0 Å². The Hall–Kier alpha value is -3.39. The highest BCUT2D eigenvalue weighted by atomic mass is 16.5. The third-order valence-corrected chi connectivity index (χ3v) is 4.96. The Bertz CT molecular complexity index is 1010. The summed E-state index contributed by atoms with van der Waals surface area (Å²) in [4.78, 5) is 29.4. The van der Waals surface area contributed by atoms with Crippen molar-refractivity contribution in [1.82, 2.24) is 15.2 Å². The molecule has 0 unspecified atom stereocenters. The molecule has 2 atom stereocenters. The van der Waals surface area contributed by atoms with E-state index in [0.717, 1.165) is 22.2 Å². The molecule has 8 nitrogen and oxygen atoms in total. The quantitative estimate of drug-likeness (QED) is 0.720. The molecule has 0 bridgehead atoms. The first-order chi connectivity index (χ1) is 13.6. The Labute approximate surface area is 160 Å². The minimum Gasteiger partial charge on any atom is -0.465 e. The van der Waals surface area contributed by atoms with Gasteiger partial charge in [0.05, 0.1) is 30.6 Å². The Morgan fingerprint density at radius 3 is 2.71 bits per heavy atom. The lowest BCUT2D eigenvalue weighted by Crippen LogP contribution is -2.43. The molecule has 3 heterocycles. The number of hydrogen-bond donors (Lipinski definition) is 2. The van der Waals surface area contributed by atoms with Crippen LogP contribution in [0.15, 0.2) is 53.3 Å². The summed E-state index contributed by atoms with van der Waals surface area (Å²) in [5, 5.41) is 12.9. The summed E-state index contributed by atoms with van der Waals surface area (Å²) in [5.74, 6) is -0.277. The van der Waals surface area contributed by atoms with Crippen LogP contribution in [0, 0.1) is 0 Å². The van der Waals surface area contributed by atoms with E-state index in [4.69, 9.17) is 14.3 Å². The number of furan rings is 1. The van der Waals surface area contributed by atoms with E-state index >= 15 is 0 Å². The molecule has 0 saturated carbocycles. The number of carbonyl (C=O) groups is 2. The maximum Gasteiger partial charge on any atom is 0.407 e. The molecule has 4 rings (SSSR count). The number of nitrogens with one attached hydrogen (secondary N) is 1. The lowest BCUT2D eigenvalue weighted by molar-refractivity contribution is 0.0759. The number of pyridine rings is 1. The fourth-order valence-corrected chi connectivity index (χ4v) is 3.46. The highest BCUT2D eigenvalue weighted by Crippen LogP contribution is 2.27. The predicted molar refractivity (Wildman–Crippen MR) is 101 cm³/mol. The minimum absolute atomic E-state index is 0.198. The number of carbonyl (C=O) groups excluding carboxylic acids is 1. The molecule has 0 aliphatic carbocycles. The second-order valence-electron chi connectivity index (χ2n) is 6.61. The van der Waals surface area contributed by atoms with Gasteiger partial charge in [0, 0.05) is 36.4 Å². The van der Waals surface area contributed by atoms with Gasteiger partial charge in [0.25, 0.3) is 5.91 Å². The smallest absolute Gasteiger partial charge is 0.407 e. The van der Waals surface area contributed by atoms with Gasteiger partial charge in [-0.15, -0.1) is 0 Å². The SMILES string of the molecule is CO[C@H]1CN(C(=O)O)C[C@H]1NC(=O)c1ccc(-c2nccc3occc23)cc1. The Morgan fingerprint density at radius 2 is 2.00 bits per heavy atom. The van der Waals surface area contributed by atoms with Gasteiger partial charge in [-0.1, -0.05) is 12.1 Å². The maximum absolute atomic E-state index is 12.6. The molecule has 1 fully saturated rings. The average Bonchev–Trinajstić information content (AvgIpc) is 3.34. The summed E-state index contributed by atoms with van der Waals surface area (Å²) in [6, 6.07) is 10.4. The number of methoxy groups -OCH3 is 1. The molecule has 1 aliphatic heterocycles. The zero-order chi connectivity index (χ0) is 19.7. The Balaban J connectivity index is 1.50. The predicted octanol–water partition coefficient (Wildman–Crippen LogP) is 2.60. The maximum atomic E-state index is 12.6. The van der Waals surface area contributed by atoms with E-state index in [1.807, 2.05) is 18.2 Å². The first kappa shape index (κ1) is 18.0. The van der Waals surface area contributed by atoms with Crippen molar-refractivity contribution in [3.05, 3.63) is 54.4 Å². The number of fused-ring (bicyclic) bond motifs is 1. The van der Waals surface area contributed by atoms with Gasteiger partial charge in [-0.3, -0.25) is 9.78 Å². The standard InChI is InChI=1S/C20H19N3O5/c1-27-17-11-23(20(25)26)10-15(17)22-19(24)13-4-2-12(3-5-13)18-14-7-9-28-16(14)6-8-21-18/h2-9,15,17H,10-11H2,1H3,(H,22,24)(H,25,26)/t15-,17+/m1/s1. The van der Waals surface area contributed by atoms with Crippen LogP contribution in [0.2, 0.25) is 0 Å². The molecule has 2 N–H and O–H groups in total. The van der Waals surface area contributed by atoms with E-state index in [-0.39, 0.29) is 25.1 Å². The van der Waals surface area contributed by atoms with Crippen LogP contribution in [0.1, 0.15) is 10.4 Å². The lowest BCUT2D eigenvalue weighted by Gasteiger charge is -2.18. The van der Waals surface area contributed by atoms with E-state index in [2.05, 4.69) is 10.3 Å². The first-order valence-corrected chi connectivity index (χ1v) is 8.81. The fraction of sp³-hybridized carbons (Fsp3) is 0.250. The monoisotopic (exact) mass is 381 g/mol. The summed E-state index contributed by atoms with van der Waals surface area (Å²) in [7, 11) is 1.51. The number of nitrogens with zero attached hydrogens (tertiary/aromatic N) is 2. The Kier molecular flexibility index (Phi) is 4.70. The highest BCUT2D eigenvalue weighted by molar-refractivity contribution is 5.96. The molecule has 8 heteroatoms. The zero-order valence-electron chi connectivity index (χ0n) is 15.2. The largest absolute Gasteiger partial charge is 0.465 e. The van der Waals surface area contributed by atoms with E-state index < -0.39 is 12.1 Å². The minimum atomic E-state index is -1.02. The second kappa shape index (κ2) is 7.32. The number of likely N-dealkylation sites (tertiary alicyclic amines) is 1. The molecular weight excluding hydrogens is 362 g/mol. The van der Waals surface area contributed by atoms with Crippen molar-refractivity contribution in [3.8, 4) is 11.3 Å². The van der Waals surface area contributed by atoms with Crippen LogP contribution >= 0.6 is 0 Å². The van der Waals surface area contributed by atoms with Crippen LogP contribution in [0.4, 0.5) is 4.79 Å². The van der Waals surface area contributed by atoms with E-state index in [0.29, 0.717) is 5.56 Å². The second-order valence-corrected chi connectivity index (χ2v) is 6.61. The van der Waals surface area contributed by atoms with Crippen LogP contribution in [0.25, 0.3) is 22.2 Å². The Morgan fingerprint density at radius 1 is 1.21 bits per heavy atom. The third kappa shape index (κ3) is 3.29. The van der Waals surface area contributed by atoms with Gasteiger partial charge in [0.1, 0.15) is 5.58 Å². The number of aromatic nitrogens is 1. The number of hydrogen-bond acceptors (Lipinski definition) is 5. The van der Waals surface area contributed by atoms with Crippen molar-refractivity contribution in [2.24, 2.45) is 0 Å². The van der Waals surface area contributed by atoms with Crippen molar-refractivity contribution in [3.63, 3.8) is 0 Å². The molecule has 28 heavy (non-hydrogen) atoms. The van der Waals surface area contributed by atoms with Crippen LogP contribution < -0.4 is 5.32 Å². The van der Waals surface area contributed by atoms with Gasteiger partial charge in [0.15, 0.2) is 0 Å². The summed E-state index contributed by atoms with van der Waals surface area (Å²) < 4.78 is 10.7. The van der Waals surface area contributed by atoms with Crippen molar-refractivity contribution >= 4 is 23.0 Å². The molecule has 2 amide bonds. The van der Waals surface area contributed by atoms with Crippen molar-refractivity contribution in [2.45, 2.75) is 12.1 Å². The van der Waals surface area contributed by atoms with Gasteiger partial charge in [-0.25, -0.2) is 4.79 Å². The van der Waals surface area contributed by atoms with Crippen LogP contribution in [-0.2, 0) is 4.74 Å². The summed E-state index contributed by atoms with van der Waals surface area (Å²) in [6.07, 6.45) is 1.90. The van der Waals surface area contributed by atoms with Crippen molar-refractivity contribution in [2.75, 3.05) is 20.2 Å². The van der Waals surface area contributed by atoms with Gasteiger partial charge in [-0.2, -0.15) is 0 Å². The number of benzene rings is 1. The number of rotatable bonds is 4. The molecule has 1 aliphatic rings. The van der Waals surface area contributed by atoms with Gasteiger partial charge >= 0.3 is 6.09 Å². The first-order valence-electron chi connectivity index (χ1n) is 8.81. The molecule has 3 aromatic rings. The average molecular weight is 381 g/mol. The summed E-state index contributed by atoms with van der Waals surface area (Å²) in [5.41, 5.74) is 2.88. The highest BCUT2D eigenvalue weighted by Gasteiger charge is 2.36. The molecule has 1 aromatic carbocycles. The number of carboxylic acid groups (broad SMARTS) is 1. The van der Waals surface area contributed by atoms with Gasteiger partial charge < -0.3 is 24.5 Å².